The Kier molecular flexibility index (Phi) is 5.46. The first-order chi connectivity index (χ1) is 9.42. The maximum atomic E-state index is 10.1. The van der Waals surface area contributed by atoms with Crippen LogP contribution in [0.15, 0.2) is 0 Å². The van der Waals surface area contributed by atoms with Crippen molar-refractivity contribution in [3.05, 3.63) is 0 Å². The van der Waals surface area contributed by atoms with E-state index in [2.05, 4.69) is 17.1 Å². The first-order valence-electron chi connectivity index (χ1n) is 8.18. The molecule has 0 aromatic heterocycles. The minimum atomic E-state index is -0.619. The van der Waals surface area contributed by atoms with E-state index in [9.17, 15) is 5.11 Å². The van der Waals surface area contributed by atoms with Gasteiger partial charge in [-0.25, -0.2) is 0 Å². The van der Waals surface area contributed by atoms with E-state index in [0.29, 0.717) is 5.41 Å². The van der Waals surface area contributed by atoms with Gasteiger partial charge < -0.3 is 20.1 Å². The van der Waals surface area contributed by atoms with Gasteiger partial charge in [-0.15, -0.1) is 0 Å². The third-order valence-electron chi connectivity index (χ3n) is 4.51. The second kappa shape index (κ2) is 6.73. The van der Waals surface area contributed by atoms with Crippen LogP contribution in [-0.2, 0) is 4.74 Å². The van der Waals surface area contributed by atoms with Crippen LogP contribution in [0.25, 0.3) is 0 Å². The molecule has 1 aliphatic heterocycles. The lowest BCUT2D eigenvalue weighted by Gasteiger charge is -2.42. The molecule has 2 rings (SSSR count). The number of nitrogens with one attached hydrogen (secondary N) is 1. The molecule has 1 heterocycles. The quantitative estimate of drug-likeness (QED) is 0.711. The monoisotopic (exact) mass is 284 g/mol. The Morgan fingerprint density at radius 2 is 1.95 bits per heavy atom. The Morgan fingerprint density at radius 3 is 2.45 bits per heavy atom. The van der Waals surface area contributed by atoms with Gasteiger partial charge in [0.15, 0.2) is 0 Å². The highest BCUT2D eigenvalue weighted by Gasteiger charge is 2.36. The van der Waals surface area contributed by atoms with Crippen molar-refractivity contribution in [3.8, 4) is 0 Å². The number of likely N-dealkylation sites (N-methyl/N-ethyl adjacent to an activating group) is 1. The van der Waals surface area contributed by atoms with Crippen LogP contribution in [0.2, 0.25) is 0 Å². The summed E-state index contributed by atoms with van der Waals surface area (Å²) < 4.78 is 5.57. The molecule has 0 spiro atoms. The summed E-state index contributed by atoms with van der Waals surface area (Å²) in [7, 11) is 0. The number of rotatable bonds is 8. The van der Waals surface area contributed by atoms with Gasteiger partial charge in [0.2, 0.25) is 0 Å². The molecular formula is C16H32N2O2. The van der Waals surface area contributed by atoms with Crippen LogP contribution in [0, 0.1) is 5.41 Å². The average Bonchev–Trinajstić information content (AvgIpc) is 3.19. The molecule has 2 aliphatic rings. The van der Waals surface area contributed by atoms with Crippen LogP contribution in [0.5, 0.6) is 0 Å². The fourth-order valence-corrected chi connectivity index (χ4v) is 3.14. The van der Waals surface area contributed by atoms with Crippen LogP contribution < -0.4 is 5.32 Å². The molecule has 0 aromatic rings. The van der Waals surface area contributed by atoms with Gasteiger partial charge in [0.1, 0.15) is 0 Å². The van der Waals surface area contributed by atoms with Gasteiger partial charge in [-0.3, -0.25) is 0 Å². The number of hydrogen-bond acceptors (Lipinski definition) is 4. The van der Waals surface area contributed by atoms with Crippen LogP contribution in [-0.4, -0.2) is 61.0 Å². The molecule has 0 aromatic carbocycles. The van der Waals surface area contributed by atoms with Crippen molar-refractivity contribution in [1.29, 1.82) is 0 Å². The number of aliphatic hydroxyl groups is 1. The van der Waals surface area contributed by atoms with Crippen LogP contribution in [0.3, 0.4) is 0 Å². The van der Waals surface area contributed by atoms with Crippen molar-refractivity contribution in [2.24, 2.45) is 5.41 Å². The van der Waals surface area contributed by atoms with E-state index in [0.717, 1.165) is 58.3 Å². The Hall–Kier alpha value is -0.160. The summed E-state index contributed by atoms with van der Waals surface area (Å²) in [5.41, 5.74) is -0.297. The molecule has 2 N–H and O–H groups in total. The van der Waals surface area contributed by atoms with Gasteiger partial charge in [0.25, 0.3) is 0 Å². The van der Waals surface area contributed by atoms with Crippen molar-refractivity contribution in [2.45, 2.75) is 58.1 Å². The summed E-state index contributed by atoms with van der Waals surface area (Å²) in [6.45, 7) is 11.7. The first-order valence-corrected chi connectivity index (χ1v) is 8.18. The van der Waals surface area contributed by atoms with Gasteiger partial charge in [-0.05, 0) is 51.5 Å². The van der Waals surface area contributed by atoms with Crippen molar-refractivity contribution in [1.82, 2.24) is 10.2 Å². The molecule has 0 atom stereocenters. The summed E-state index contributed by atoms with van der Waals surface area (Å²) in [4.78, 5) is 2.40. The van der Waals surface area contributed by atoms with E-state index in [1.807, 2.05) is 13.8 Å². The second-order valence-electron chi connectivity index (χ2n) is 7.38. The van der Waals surface area contributed by atoms with Gasteiger partial charge in [0.05, 0.1) is 5.60 Å². The number of hydrogen-bond donors (Lipinski definition) is 2. The fourth-order valence-electron chi connectivity index (χ4n) is 3.14. The highest BCUT2D eigenvalue weighted by Crippen LogP contribution is 2.32. The molecule has 2 fully saturated rings. The molecule has 0 amide bonds. The maximum absolute atomic E-state index is 10.1. The summed E-state index contributed by atoms with van der Waals surface area (Å²) in [5.74, 6) is 0. The number of nitrogens with zero attached hydrogens (tertiary/aromatic N) is 1. The normalized spacial score (nSPS) is 23.2. The second-order valence-corrected chi connectivity index (χ2v) is 7.38. The Balaban J connectivity index is 1.93. The standard InChI is InChI=1S/C16H32N2O2/c1-4-18(12-15(2,3)19)13-16(7-9-20-10-8-16)11-17-14-5-6-14/h14,17,19H,4-13H2,1-3H3. The van der Waals surface area contributed by atoms with Crippen molar-refractivity contribution in [2.75, 3.05) is 39.4 Å². The van der Waals surface area contributed by atoms with Crippen molar-refractivity contribution >= 4 is 0 Å². The van der Waals surface area contributed by atoms with E-state index in [4.69, 9.17) is 4.74 Å². The Labute approximate surface area is 123 Å². The van der Waals surface area contributed by atoms with E-state index in [-0.39, 0.29) is 0 Å². The van der Waals surface area contributed by atoms with Gasteiger partial charge in [-0.2, -0.15) is 0 Å². The molecule has 4 heteroatoms. The fraction of sp³-hybridized carbons (Fsp3) is 1.00. The van der Waals surface area contributed by atoms with Gasteiger partial charge in [0, 0.05) is 38.9 Å². The molecule has 0 unspecified atom stereocenters. The molecule has 1 saturated carbocycles. The summed E-state index contributed by atoms with van der Waals surface area (Å²) in [6.07, 6.45) is 4.95. The highest BCUT2D eigenvalue weighted by atomic mass is 16.5. The summed E-state index contributed by atoms with van der Waals surface area (Å²) in [5, 5.41) is 13.8. The Bertz CT molecular complexity index is 291. The third-order valence-corrected chi connectivity index (χ3v) is 4.51. The topological polar surface area (TPSA) is 44.7 Å². The highest BCUT2D eigenvalue weighted by molar-refractivity contribution is 4.91. The van der Waals surface area contributed by atoms with Crippen LogP contribution in [0.1, 0.15) is 46.5 Å². The SMILES string of the molecule is CCN(CC(C)(C)O)CC1(CNC2CC2)CCOCC1. The van der Waals surface area contributed by atoms with E-state index >= 15 is 0 Å². The predicted molar refractivity (Wildman–Crippen MR) is 81.9 cm³/mol. The lowest BCUT2D eigenvalue weighted by molar-refractivity contribution is -0.0227. The largest absolute Gasteiger partial charge is 0.389 e. The Morgan fingerprint density at radius 1 is 1.30 bits per heavy atom. The zero-order valence-electron chi connectivity index (χ0n) is 13.5. The minimum Gasteiger partial charge on any atom is -0.389 e. The van der Waals surface area contributed by atoms with Gasteiger partial charge >= 0.3 is 0 Å². The van der Waals surface area contributed by atoms with Gasteiger partial charge in [-0.1, -0.05) is 6.92 Å². The average molecular weight is 284 g/mol. The van der Waals surface area contributed by atoms with E-state index < -0.39 is 5.60 Å². The molecule has 20 heavy (non-hydrogen) atoms. The van der Waals surface area contributed by atoms with E-state index in [1.54, 1.807) is 0 Å². The smallest absolute Gasteiger partial charge is 0.0718 e. The molecule has 0 radical (unpaired) electrons. The third kappa shape index (κ3) is 5.32. The lowest BCUT2D eigenvalue weighted by atomic mass is 9.79. The molecule has 118 valence electrons. The van der Waals surface area contributed by atoms with Crippen LogP contribution in [0.4, 0.5) is 0 Å². The van der Waals surface area contributed by atoms with Crippen LogP contribution >= 0.6 is 0 Å². The minimum absolute atomic E-state index is 0.322. The summed E-state index contributed by atoms with van der Waals surface area (Å²) in [6, 6.07) is 0.763. The molecule has 1 saturated heterocycles. The molecule has 0 bridgehead atoms. The molecular weight excluding hydrogens is 252 g/mol. The zero-order chi connectivity index (χ0) is 14.6. The van der Waals surface area contributed by atoms with E-state index in [1.165, 1.54) is 12.8 Å². The first kappa shape index (κ1) is 16.2. The number of ether oxygens (including phenoxy) is 1. The zero-order valence-corrected chi connectivity index (χ0v) is 13.5. The molecule has 1 aliphatic carbocycles. The lowest BCUT2D eigenvalue weighted by Crippen LogP contribution is -2.50. The van der Waals surface area contributed by atoms with Crippen molar-refractivity contribution < 1.29 is 9.84 Å². The maximum Gasteiger partial charge on any atom is 0.0718 e. The molecule has 4 nitrogen and oxygen atoms in total. The predicted octanol–water partition coefficient (Wildman–Crippen LogP) is 1.63. The van der Waals surface area contributed by atoms with Crippen molar-refractivity contribution in [3.63, 3.8) is 0 Å². The summed E-state index contributed by atoms with van der Waals surface area (Å²) >= 11 is 0.